The number of aliphatic imine (C=N–C) groups is 1. The molecule has 1 heterocycles. The van der Waals surface area contributed by atoms with Gasteiger partial charge in [-0.25, -0.2) is 0 Å². The van der Waals surface area contributed by atoms with Gasteiger partial charge in [0.05, 0.1) is 6.54 Å². The molecular formula is C13H24N2S. The summed E-state index contributed by atoms with van der Waals surface area (Å²) in [5.41, 5.74) is 0. The molecule has 2 aliphatic rings. The lowest BCUT2D eigenvalue weighted by Gasteiger charge is -2.16. The van der Waals surface area contributed by atoms with Crippen LogP contribution in [0, 0.1) is 11.8 Å². The maximum absolute atomic E-state index is 4.59. The van der Waals surface area contributed by atoms with Crippen molar-refractivity contribution in [1.82, 2.24) is 5.32 Å². The van der Waals surface area contributed by atoms with E-state index >= 15 is 0 Å². The van der Waals surface area contributed by atoms with E-state index < -0.39 is 0 Å². The second-order valence-corrected chi connectivity index (χ2v) is 6.51. The third kappa shape index (κ3) is 3.16. The molecule has 3 unspecified atom stereocenters. The molecule has 0 aromatic carbocycles. The first-order valence-electron chi connectivity index (χ1n) is 6.74. The van der Waals surface area contributed by atoms with Gasteiger partial charge in [0, 0.05) is 11.8 Å². The van der Waals surface area contributed by atoms with Crippen LogP contribution < -0.4 is 5.32 Å². The lowest BCUT2D eigenvalue weighted by molar-refractivity contribution is 0.416. The van der Waals surface area contributed by atoms with E-state index in [1.54, 1.807) is 0 Å². The molecule has 0 amide bonds. The van der Waals surface area contributed by atoms with Crippen LogP contribution in [0.3, 0.4) is 0 Å². The topological polar surface area (TPSA) is 24.4 Å². The molecule has 1 aliphatic carbocycles. The summed E-state index contributed by atoms with van der Waals surface area (Å²) in [6, 6.07) is 0. The SMILES string of the molecule is CCCC1CN=C(NCC2CCCC2C)S1. The van der Waals surface area contributed by atoms with Crippen molar-refractivity contribution in [1.29, 1.82) is 0 Å². The van der Waals surface area contributed by atoms with Gasteiger partial charge in [0.15, 0.2) is 5.17 Å². The number of rotatable bonds is 4. The van der Waals surface area contributed by atoms with Crippen molar-refractivity contribution in [2.45, 2.75) is 51.2 Å². The predicted molar refractivity (Wildman–Crippen MR) is 73.1 cm³/mol. The van der Waals surface area contributed by atoms with E-state index in [2.05, 4.69) is 24.2 Å². The lowest BCUT2D eigenvalue weighted by Crippen LogP contribution is -2.27. The van der Waals surface area contributed by atoms with Crippen LogP contribution in [0.15, 0.2) is 4.99 Å². The largest absolute Gasteiger partial charge is 0.365 e. The minimum Gasteiger partial charge on any atom is -0.365 e. The Bertz CT molecular complexity index is 252. The minimum atomic E-state index is 0.744. The Kier molecular flexibility index (Phi) is 4.56. The number of amidine groups is 1. The maximum Gasteiger partial charge on any atom is 0.156 e. The van der Waals surface area contributed by atoms with Gasteiger partial charge < -0.3 is 5.32 Å². The van der Waals surface area contributed by atoms with Crippen molar-refractivity contribution < 1.29 is 0 Å². The molecule has 0 aromatic heterocycles. The Morgan fingerprint density at radius 2 is 2.31 bits per heavy atom. The summed E-state index contributed by atoms with van der Waals surface area (Å²) in [6.07, 6.45) is 6.83. The van der Waals surface area contributed by atoms with E-state index in [-0.39, 0.29) is 0 Å². The molecular weight excluding hydrogens is 216 g/mol. The Morgan fingerprint density at radius 3 is 3.00 bits per heavy atom. The van der Waals surface area contributed by atoms with Gasteiger partial charge in [0.25, 0.3) is 0 Å². The smallest absolute Gasteiger partial charge is 0.156 e. The van der Waals surface area contributed by atoms with Crippen LogP contribution in [0.1, 0.15) is 46.0 Å². The highest BCUT2D eigenvalue weighted by Crippen LogP contribution is 2.31. The summed E-state index contributed by atoms with van der Waals surface area (Å²) in [7, 11) is 0. The van der Waals surface area contributed by atoms with Crippen LogP contribution >= 0.6 is 11.8 Å². The third-order valence-corrected chi connectivity index (χ3v) is 5.10. The second-order valence-electron chi connectivity index (χ2n) is 5.22. The fourth-order valence-electron chi connectivity index (χ4n) is 2.73. The first kappa shape index (κ1) is 12.3. The molecule has 92 valence electrons. The molecule has 16 heavy (non-hydrogen) atoms. The van der Waals surface area contributed by atoms with Crippen LogP contribution in [0.4, 0.5) is 0 Å². The van der Waals surface area contributed by atoms with Gasteiger partial charge in [-0.15, -0.1) is 0 Å². The third-order valence-electron chi connectivity index (χ3n) is 3.88. The minimum absolute atomic E-state index is 0.744. The first-order valence-corrected chi connectivity index (χ1v) is 7.62. The van der Waals surface area contributed by atoms with Crippen molar-refractivity contribution >= 4 is 16.9 Å². The highest BCUT2D eigenvalue weighted by atomic mass is 32.2. The van der Waals surface area contributed by atoms with Crippen molar-refractivity contribution in [3.63, 3.8) is 0 Å². The quantitative estimate of drug-likeness (QED) is 0.815. The number of hydrogen-bond acceptors (Lipinski definition) is 3. The van der Waals surface area contributed by atoms with Crippen molar-refractivity contribution in [3.8, 4) is 0 Å². The molecule has 1 fully saturated rings. The zero-order valence-corrected chi connectivity index (χ0v) is 11.4. The fourth-order valence-corrected chi connectivity index (χ4v) is 3.86. The summed E-state index contributed by atoms with van der Waals surface area (Å²) in [4.78, 5) is 4.59. The van der Waals surface area contributed by atoms with Gasteiger partial charge in [0.2, 0.25) is 0 Å². The number of hydrogen-bond donors (Lipinski definition) is 1. The van der Waals surface area contributed by atoms with E-state index in [1.807, 2.05) is 11.8 Å². The summed E-state index contributed by atoms with van der Waals surface area (Å²) in [5.74, 6) is 1.79. The summed E-state index contributed by atoms with van der Waals surface area (Å²) < 4.78 is 0. The number of thioether (sulfide) groups is 1. The van der Waals surface area contributed by atoms with E-state index in [4.69, 9.17) is 0 Å². The number of nitrogens with one attached hydrogen (secondary N) is 1. The van der Waals surface area contributed by atoms with Crippen LogP contribution in [0.2, 0.25) is 0 Å². The molecule has 1 saturated carbocycles. The summed E-state index contributed by atoms with van der Waals surface area (Å²) in [5, 5.41) is 5.51. The first-order chi connectivity index (χ1) is 7.79. The van der Waals surface area contributed by atoms with Crippen LogP contribution in [-0.2, 0) is 0 Å². The standard InChI is InChI=1S/C13H24N2S/c1-3-5-12-9-15-13(16-12)14-8-11-7-4-6-10(11)2/h10-12H,3-9H2,1-2H3,(H,14,15). The van der Waals surface area contributed by atoms with Gasteiger partial charge in [-0.1, -0.05) is 44.9 Å². The molecule has 0 saturated heterocycles. The Hall–Kier alpha value is -0.180. The van der Waals surface area contributed by atoms with E-state index in [9.17, 15) is 0 Å². The summed E-state index contributed by atoms with van der Waals surface area (Å²) in [6.45, 7) is 6.82. The molecule has 3 atom stereocenters. The van der Waals surface area contributed by atoms with Crippen LogP contribution in [0.5, 0.6) is 0 Å². The summed E-state index contributed by atoms with van der Waals surface area (Å²) >= 11 is 1.96. The van der Waals surface area contributed by atoms with Gasteiger partial charge >= 0.3 is 0 Å². The predicted octanol–water partition coefficient (Wildman–Crippen LogP) is 3.28. The molecule has 0 radical (unpaired) electrons. The average molecular weight is 240 g/mol. The normalized spacial score (nSPS) is 34.1. The van der Waals surface area contributed by atoms with Gasteiger partial charge in [-0.3, -0.25) is 4.99 Å². The van der Waals surface area contributed by atoms with E-state index in [0.29, 0.717) is 0 Å². The van der Waals surface area contributed by atoms with Gasteiger partial charge in [-0.05, 0) is 24.7 Å². The maximum atomic E-state index is 4.59. The monoisotopic (exact) mass is 240 g/mol. The molecule has 0 bridgehead atoms. The highest BCUT2D eigenvalue weighted by molar-refractivity contribution is 8.14. The van der Waals surface area contributed by atoms with Gasteiger partial charge in [0.1, 0.15) is 0 Å². The molecule has 0 aromatic rings. The van der Waals surface area contributed by atoms with E-state index in [1.165, 1.54) is 37.3 Å². The van der Waals surface area contributed by atoms with Crippen LogP contribution in [-0.4, -0.2) is 23.5 Å². The second kappa shape index (κ2) is 5.95. The Labute approximate surface area is 104 Å². The molecule has 1 aliphatic heterocycles. The van der Waals surface area contributed by atoms with E-state index in [0.717, 1.165) is 30.2 Å². The number of nitrogens with zero attached hydrogens (tertiary/aromatic N) is 1. The Balaban J connectivity index is 1.67. The lowest BCUT2D eigenvalue weighted by atomic mass is 9.98. The molecule has 2 rings (SSSR count). The zero-order chi connectivity index (χ0) is 11.4. The van der Waals surface area contributed by atoms with Crippen molar-refractivity contribution in [2.24, 2.45) is 16.8 Å². The molecule has 3 heteroatoms. The fraction of sp³-hybridized carbons (Fsp3) is 0.923. The Morgan fingerprint density at radius 1 is 1.44 bits per heavy atom. The molecule has 2 nitrogen and oxygen atoms in total. The zero-order valence-electron chi connectivity index (χ0n) is 10.5. The van der Waals surface area contributed by atoms with Crippen molar-refractivity contribution in [2.75, 3.05) is 13.1 Å². The average Bonchev–Trinajstić information content (AvgIpc) is 2.86. The molecule has 1 N–H and O–H groups in total. The molecule has 0 spiro atoms. The van der Waals surface area contributed by atoms with Gasteiger partial charge in [-0.2, -0.15) is 0 Å². The van der Waals surface area contributed by atoms with Crippen molar-refractivity contribution in [3.05, 3.63) is 0 Å². The highest BCUT2D eigenvalue weighted by Gasteiger charge is 2.24. The van der Waals surface area contributed by atoms with Crippen LogP contribution in [0.25, 0.3) is 0 Å².